The predicted molar refractivity (Wildman–Crippen MR) is 93.4 cm³/mol. The van der Waals surface area contributed by atoms with Crippen LogP contribution in [0.15, 0.2) is 23.8 Å². The quantitative estimate of drug-likeness (QED) is 0.399. The summed E-state index contributed by atoms with van der Waals surface area (Å²) in [5.74, 6) is -3.85. The first-order valence-electron chi connectivity index (χ1n) is 9.42. The largest absolute Gasteiger partial charge is 0.457 e. The Kier molecular flexibility index (Phi) is 4.16. The number of ether oxygens (including phenoxy) is 3. The molecule has 7 nitrogen and oxygen atoms in total. The first kappa shape index (κ1) is 18.8. The van der Waals surface area contributed by atoms with Crippen molar-refractivity contribution in [3.8, 4) is 0 Å². The van der Waals surface area contributed by atoms with Gasteiger partial charge in [0.2, 0.25) is 5.60 Å². The molecule has 4 aliphatic rings. The maximum Gasteiger partial charge on any atom is 0.344 e. The van der Waals surface area contributed by atoms with E-state index in [2.05, 4.69) is 6.58 Å². The monoisotopic (exact) mass is 378 g/mol. The van der Waals surface area contributed by atoms with Crippen molar-refractivity contribution in [1.29, 1.82) is 0 Å². The molecule has 0 aliphatic carbocycles. The first-order chi connectivity index (χ1) is 12.6. The Balaban J connectivity index is 1.79. The van der Waals surface area contributed by atoms with E-state index in [1.54, 1.807) is 13.8 Å². The van der Waals surface area contributed by atoms with Crippen LogP contribution in [0.5, 0.6) is 0 Å². The van der Waals surface area contributed by atoms with Gasteiger partial charge in [0, 0.05) is 24.7 Å². The number of carbonyl (C=O) groups excluding carboxylic acids is 2. The van der Waals surface area contributed by atoms with Crippen molar-refractivity contribution < 1.29 is 34.0 Å². The van der Waals surface area contributed by atoms with E-state index in [-0.39, 0.29) is 18.6 Å². The third-order valence-electron chi connectivity index (χ3n) is 6.46. The summed E-state index contributed by atoms with van der Waals surface area (Å²) < 4.78 is 17.2. The molecular weight excluding hydrogens is 352 g/mol. The van der Waals surface area contributed by atoms with Gasteiger partial charge in [-0.25, -0.2) is 4.79 Å². The summed E-state index contributed by atoms with van der Waals surface area (Å²) in [6, 6.07) is 0. The Hall–Kier alpha value is -1.54. The van der Waals surface area contributed by atoms with Crippen molar-refractivity contribution in [2.24, 2.45) is 11.8 Å². The van der Waals surface area contributed by atoms with Crippen LogP contribution in [0, 0.1) is 11.8 Å². The summed E-state index contributed by atoms with van der Waals surface area (Å²) in [6.45, 7) is 9.16. The van der Waals surface area contributed by atoms with Gasteiger partial charge in [-0.3, -0.25) is 4.79 Å². The number of allylic oxidation sites excluding steroid dienone is 1. The maximum atomic E-state index is 12.7. The van der Waals surface area contributed by atoms with Crippen LogP contribution in [-0.2, 0) is 23.8 Å². The lowest BCUT2D eigenvalue weighted by atomic mass is 9.74. The van der Waals surface area contributed by atoms with Crippen LogP contribution >= 0.6 is 0 Å². The van der Waals surface area contributed by atoms with Gasteiger partial charge in [-0.05, 0) is 26.3 Å². The summed E-state index contributed by atoms with van der Waals surface area (Å²) in [5.41, 5.74) is 0.206. The molecule has 0 radical (unpaired) electrons. The number of hydrogen-bond acceptors (Lipinski definition) is 7. The smallest absolute Gasteiger partial charge is 0.344 e. The molecule has 2 N–H and O–H groups in total. The lowest BCUT2D eigenvalue weighted by molar-refractivity contribution is -0.338. The molecular formula is C20H26O7. The number of rotatable bonds is 1. The number of aliphatic hydroxyl groups is 2. The van der Waals surface area contributed by atoms with E-state index in [4.69, 9.17) is 14.2 Å². The number of esters is 1. The Morgan fingerprint density at radius 1 is 1.30 bits per heavy atom. The van der Waals surface area contributed by atoms with Crippen molar-refractivity contribution in [3.05, 3.63) is 23.8 Å². The highest BCUT2D eigenvalue weighted by atomic mass is 16.7. The molecule has 3 saturated heterocycles. The second kappa shape index (κ2) is 5.98. The molecule has 4 aliphatic heterocycles. The average molecular weight is 378 g/mol. The molecule has 0 aromatic carbocycles. The van der Waals surface area contributed by atoms with Crippen LogP contribution in [0.25, 0.3) is 0 Å². The van der Waals surface area contributed by atoms with Crippen molar-refractivity contribution in [2.45, 2.75) is 75.8 Å². The molecule has 7 heteroatoms. The highest BCUT2D eigenvalue weighted by molar-refractivity contribution is 5.91. The SMILES string of the molecule is C=C(C)[C@@H]1C[C@H]2O[C@@](O)([C@@H](C)CC(=O)/C=C(/C)C[C@@H]3OC(=O)[C@]24O[C@@H]34)[C@H]1O. The zero-order valence-corrected chi connectivity index (χ0v) is 15.8. The predicted octanol–water partition coefficient (Wildman–Crippen LogP) is 1.03. The van der Waals surface area contributed by atoms with Gasteiger partial charge >= 0.3 is 5.97 Å². The van der Waals surface area contributed by atoms with Gasteiger partial charge < -0.3 is 24.4 Å². The third-order valence-corrected chi connectivity index (χ3v) is 6.46. The van der Waals surface area contributed by atoms with Gasteiger partial charge in [0.25, 0.3) is 0 Å². The van der Waals surface area contributed by atoms with E-state index in [0.717, 1.165) is 5.57 Å². The fourth-order valence-corrected chi connectivity index (χ4v) is 4.82. The Labute approximate surface area is 158 Å². The van der Waals surface area contributed by atoms with Crippen molar-refractivity contribution in [3.63, 3.8) is 0 Å². The number of epoxide rings is 1. The fraction of sp³-hybridized carbons (Fsp3) is 0.700. The van der Waals surface area contributed by atoms with Gasteiger partial charge in [-0.1, -0.05) is 24.6 Å². The maximum absolute atomic E-state index is 12.7. The molecule has 4 rings (SSSR count). The summed E-state index contributed by atoms with van der Waals surface area (Å²) >= 11 is 0. The molecule has 8 atom stereocenters. The van der Waals surface area contributed by atoms with Crippen LogP contribution in [0.2, 0.25) is 0 Å². The van der Waals surface area contributed by atoms with Crippen molar-refractivity contribution in [1.82, 2.24) is 0 Å². The molecule has 0 aromatic rings. The first-order valence-corrected chi connectivity index (χ1v) is 9.42. The minimum absolute atomic E-state index is 0.0112. The van der Waals surface area contributed by atoms with Crippen molar-refractivity contribution in [2.75, 3.05) is 0 Å². The topological polar surface area (TPSA) is 106 Å². The highest BCUT2D eigenvalue weighted by Gasteiger charge is 2.78. The van der Waals surface area contributed by atoms with E-state index < -0.39 is 53.6 Å². The Bertz CT molecular complexity index is 743. The molecule has 27 heavy (non-hydrogen) atoms. The van der Waals surface area contributed by atoms with Crippen LogP contribution < -0.4 is 0 Å². The lowest BCUT2D eigenvalue weighted by Gasteiger charge is -2.48. The van der Waals surface area contributed by atoms with E-state index in [1.165, 1.54) is 6.08 Å². The average Bonchev–Trinajstić information content (AvgIpc) is 3.26. The summed E-state index contributed by atoms with van der Waals surface area (Å²) in [6.07, 6.45) is -0.786. The third kappa shape index (κ3) is 2.63. The molecule has 0 amide bonds. The van der Waals surface area contributed by atoms with Gasteiger partial charge in [-0.2, -0.15) is 0 Å². The number of carbonyl (C=O) groups is 2. The van der Waals surface area contributed by atoms with Crippen LogP contribution in [-0.4, -0.2) is 57.8 Å². The number of aliphatic hydroxyl groups excluding tert-OH is 1. The zero-order valence-electron chi connectivity index (χ0n) is 15.8. The molecule has 0 unspecified atom stereocenters. The number of fused-ring (bicyclic) bond motifs is 2. The van der Waals surface area contributed by atoms with Crippen LogP contribution in [0.4, 0.5) is 0 Å². The summed E-state index contributed by atoms with van der Waals surface area (Å²) in [5, 5.41) is 22.1. The van der Waals surface area contributed by atoms with Crippen molar-refractivity contribution >= 4 is 11.8 Å². The molecule has 0 aromatic heterocycles. The molecule has 3 fully saturated rings. The van der Waals surface area contributed by atoms with Gasteiger partial charge in [0.1, 0.15) is 24.4 Å². The minimum atomic E-state index is -1.99. The van der Waals surface area contributed by atoms with E-state index in [1.807, 2.05) is 6.92 Å². The Morgan fingerprint density at radius 2 is 2.00 bits per heavy atom. The highest BCUT2D eigenvalue weighted by Crippen LogP contribution is 2.56. The van der Waals surface area contributed by atoms with Crippen LogP contribution in [0.3, 0.4) is 0 Å². The van der Waals surface area contributed by atoms with E-state index in [0.29, 0.717) is 12.0 Å². The van der Waals surface area contributed by atoms with Gasteiger partial charge in [-0.15, -0.1) is 0 Å². The summed E-state index contributed by atoms with van der Waals surface area (Å²) in [4.78, 5) is 25.1. The lowest BCUT2D eigenvalue weighted by Crippen LogP contribution is -2.62. The van der Waals surface area contributed by atoms with E-state index >= 15 is 0 Å². The molecule has 148 valence electrons. The second-order valence-corrected chi connectivity index (χ2v) is 8.53. The number of hydrogen-bond donors (Lipinski definition) is 2. The standard InChI is InChI=1S/C20H26O7/c1-9(2)13-8-15-19-17(27-19)14(25-18(19)23)6-10(3)5-12(21)7-11(4)20(24,26-15)16(13)22/h5,11,13-17,22,24H,1,6-8H2,2-4H3/b10-5-/t11-,13-,14-,15+,16-,17-,19-,20-/m0/s1. The molecule has 0 saturated carbocycles. The van der Waals surface area contributed by atoms with Gasteiger partial charge in [0.05, 0.1) is 0 Å². The van der Waals surface area contributed by atoms with Gasteiger partial charge in [0.15, 0.2) is 11.6 Å². The fourth-order valence-electron chi connectivity index (χ4n) is 4.82. The minimum Gasteiger partial charge on any atom is -0.457 e. The second-order valence-electron chi connectivity index (χ2n) is 8.53. The normalized spacial score (nSPS) is 51.2. The zero-order chi connectivity index (χ0) is 19.7. The van der Waals surface area contributed by atoms with Crippen LogP contribution in [0.1, 0.15) is 40.0 Å². The molecule has 4 heterocycles. The molecule has 0 spiro atoms. The Morgan fingerprint density at radius 3 is 2.63 bits per heavy atom. The van der Waals surface area contributed by atoms with E-state index in [9.17, 15) is 19.8 Å². The number of ketones is 1. The molecule has 4 bridgehead atoms. The summed E-state index contributed by atoms with van der Waals surface area (Å²) in [7, 11) is 0.